The summed E-state index contributed by atoms with van der Waals surface area (Å²) in [6.45, 7) is 6.77. The van der Waals surface area contributed by atoms with Crippen LogP contribution in [0.1, 0.15) is 25.8 Å². The van der Waals surface area contributed by atoms with E-state index in [1.165, 1.54) is 5.56 Å². The van der Waals surface area contributed by atoms with Crippen LogP contribution >= 0.6 is 0 Å². The molecule has 1 atom stereocenters. The summed E-state index contributed by atoms with van der Waals surface area (Å²) in [7, 11) is 0. The zero-order valence-electron chi connectivity index (χ0n) is 10.3. The number of likely N-dealkylation sites (tertiary alicyclic amines) is 1. The lowest BCUT2D eigenvalue weighted by atomic mass is 9.96. The van der Waals surface area contributed by atoms with Gasteiger partial charge in [0.05, 0.1) is 0 Å². The fourth-order valence-corrected chi connectivity index (χ4v) is 2.48. The van der Waals surface area contributed by atoms with Crippen LogP contribution in [0.25, 0.3) is 0 Å². The smallest absolute Gasteiger partial charge is 0.0304 e. The van der Waals surface area contributed by atoms with E-state index < -0.39 is 0 Å². The summed E-state index contributed by atoms with van der Waals surface area (Å²) in [4.78, 5) is 2.52. The van der Waals surface area contributed by atoms with Crippen molar-refractivity contribution in [3.63, 3.8) is 0 Å². The van der Waals surface area contributed by atoms with Crippen molar-refractivity contribution in [2.45, 2.75) is 38.3 Å². The number of rotatable bonds is 3. The Labute approximate surface area is 98.4 Å². The normalized spacial score (nSPS) is 24.8. The van der Waals surface area contributed by atoms with Gasteiger partial charge in [-0.05, 0) is 32.3 Å². The molecule has 88 valence electrons. The van der Waals surface area contributed by atoms with Gasteiger partial charge in [-0.25, -0.2) is 0 Å². The maximum atomic E-state index is 6.13. The van der Waals surface area contributed by atoms with Crippen LogP contribution in [0.5, 0.6) is 0 Å². The summed E-state index contributed by atoms with van der Waals surface area (Å²) in [6, 6.07) is 11.0. The maximum absolute atomic E-state index is 6.13. The monoisotopic (exact) mass is 218 g/mol. The molecule has 1 heterocycles. The summed E-state index contributed by atoms with van der Waals surface area (Å²) < 4.78 is 0. The lowest BCUT2D eigenvalue weighted by molar-refractivity contribution is 0.165. The lowest BCUT2D eigenvalue weighted by Crippen LogP contribution is -2.49. The van der Waals surface area contributed by atoms with E-state index in [-0.39, 0.29) is 5.54 Å². The van der Waals surface area contributed by atoms with E-state index in [2.05, 4.69) is 49.1 Å². The van der Waals surface area contributed by atoms with Gasteiger partial charge in [-0.15, -0.1) is 0 Å². The van der Waals surface area contributed by atoms with Gasteiger partial charge in [0.25, 0.3) is 0 Å². The van der Waals surface area contributed by atoms with Crippen LogP contribution in [-0.4, -0.2) is 29.6 Å². The Morgan fingerprint density at radius 1 is 1.31 bits per heavy atom. The van der Waals surface area contributed by atoms with Crippen LogP contribution in [0.2, 0.25) is 0 Å². The van der Waals surface area contributed by atoms with Crippen LogP contribution in [0, 0.1) is 0 Å². The van der Waals surface area contributed by atoms with Crippen molar-refractivity contribution in [3.05, 3.63) is 35.9 Å². The first kappa shape index (κ1) is 11.6. The van der Waals surface area contributed by atoms with Crippen molar-refractivity contribution < 1.29 is 0 Å². The molecule has 1 aromatic carbocycles. The molecule has 0 saturated carbocycles. The van der Waals surface area contributed by atoms with E-state index >= 15 is 0 Å². The first-order chi connectivity index (χ1) is 7.60. The molecule has 2 heteroatoms. The molecule has 1 aromatic rings. The summed E-state index contributed by atoms with van der Waals surface area (Å²) in [5.41, 5.74) is 7.71. The average Bonchev–Trinajstić information content (AvgIpc) is 2.53. The van der Waals surface area contributed by atoms with E-state index in [4.69, 9.17) is 5.73 Å². The van der Waals surface area contributed by atoms with Crippen LogP contribution in [0.15, 0.2) is 30.3 Å². The molecule has 0 bridgehead atoms. The van der Waals surface area contributed by atoms with Gasteiger partial charge in [0, 0.05) is 24.7 Å². The Morgan fingerprint density at radius 3 is 2.56 bits per heavy atom. The Morgan fingerprint density at radius 2 is 2.00 bits per heavy atom. The zero-order valence-corrected chi connectivity index (χ0v) is 10.3. The number of benzene rings is 1. The third-order valence-corrected chi connectivity index (χ3v) is 3.95. The molecule has 0 aromatic heterocycles. The standard InChI is InChI=1S/C14H22N2/c1-14(2)13(15)9-11-16(14)10-8-12-6-4-3-5-7-12/h3-7,13H,8-11,15H2,1-2H3. The van der Waals surface area contributed by atoms with Crippen molar-refractivity contribution in [1.82, 2.24) is 4.90 Å². The fraction of sp³-hybridized carbons (Fsp3) is 0.571. The van der Waals surface area contributed by atoms with Gasteiger partial charge in [0.15, 0.2) is 0 Å². The third-order valence-electron chi connectivity index (χ3n) is 3.95. The van der Waals surface area contributed by atoms with Crippen LogP contribution < -0.4 is 5.73 Å². The number of hydrogen-bond donors (Lipinski definition) is 1. The zero-order chi connectivity index (χ0) is 11.6. The van der Waals surface area contributed by atoms with Crippen molar-refractivity contribution in [2.24, 2.45) is 5.73 Å². The quantitative estimate of drug-likeness (QED) is 0.841. The topological polar surface area (TPSA) is 29.3 Å². The summed E-state index contributed by atoms with van der Waals surface area (Å²) in [5.74, 6) is 0. The van der Waals surface area contributed by atoms with Gasteiger partial charge >= 0.3 is 0 Å². The molecule has 16 heavy (non-hydrogen) atoms. The molecular formula is C14H22N2. The van der Waals surface area contributed by atoms with Crippen molar-refractivity contribution in [3.8, 4) is 0 Å². The maximum Gasteiger partial charge on any atom is 0.0304 e. The second-order valence-electron chi connectivity index (χ2n) is 5.27. The molecule has 2 N–H and O–H groups in total. The fourth-order valence-electron chi connectivity index (χ4n) is 2.48. The molecule has 1 unspecified atom stereocenters. The van der Waals surface area contributed by atoms with Crippen molar-refractivity contribution >= 4 is 0 Å². The molecule has 1 aliphatic rings. The molecule has 1 fully saturated rings. The highest BCUT2D eigenvalue weighted by molar-refractivity contribution is 5.15. The Bertz CT molecular complexity index is 332. The largest absolute Gasteiger partial charge is 0.326 e. The highest BCUT2D eigenvalue weighted by Gasteiger charge is 2.38. The van der Waals surface area contributed by atoms with Crippen LogP contribution in [-0.2, 0) is 6.42 Å². The summed E-state index contributed by atoms with van der Waals surface area (Å²) in [5, 5.41) is 0. The molecule has 0 aliphatic carbocycles. The van der Waals surface area contributed by atoms with E-state index in [1.807, 2.05) is 0 Å². The van der Waals surface area contributed by atoms with E-state index in [9.17, 15) is 0 Å². The molecule has 0 radical (unpaired) electrons. The number of hydrogen-bond acceptors (Lipinski definition) is 2. The minimum Gasteiger partial charge on any atom is -0.326 e. The van der Waals surface area contributed by atoms with Crippen LogP contribution in [0.4, 0.5) is 0 Å². The van der Waals surface area contributed by atoms with Gasteiger partial charge in [-0.3, -0.25) is 4.90 Å². The third kappa shape index (κ3) is 2.28. The van der Waals surface area contributed by atoms with Gasteiger partial charge < -0.3 is 5.73 Å². The van der Waals surface area contributed by atoms with E-state index in [0.717, 1.165) is 25.9 Å². The predicted octanol–water partition coefficient (Wildman–Crippen LogP) is 2.04. The summed E-state index contributed by atoms with van der Waals surface area (Å²) >= 11 is 0. The van der Waals surface area contributed by atoms with Gasteiger partial charge in [-0.1, -0.05) is 30.3 Å². The van der Waals surface area contributed by atoms with Gasteiger partial charge in [0.1, 0.15) is 0 Å². The Hall–Kier alpha value is -0.860. The number of nitrogens with two attached hydrogens (primary N) is 1. The summed E-state index contributed by atoms with van der Waals surface area (Å²) in [6.07, 6.45) is 2.25. The average molecular weight is 218 g/mol. The molecule has 1 saturated heterocycles. The second-order valence-corrected chi connectivity index (χ2v) is 5.27. The second kappa shape index (κ2) is 4.56. The SMILES string of the molecule is CC1(C)C(N)CCN1CCc1ccccc1. The van der Waals surface area contributed by atoms with Gasteiger partial charge in [-0.2, -0.15) is 0 Å². The van der Waals surface area contributed by atoms with E-state index in [1.54, 1.807) is 0 Å². The van der Waals surface area contributed by atoms with Gasteiger partial charge in [0.2, 0.25) is 0 Å². The first-order valence-electron chi connectivity index (χ1n) is 6.15. The molecular weight excluding hydrogens is 196 g/mol. The highest BCUT2D eigenvalue weighted by Crippen LogP contribution is 2.27. The molecule has 2 nitrogen and oxygen atoms in total. The van der Waals surface area contributed by atoms with E-state index in [0.29, 0.717) is 6.04 Å². The van der Waals surface area contributed by atoms with Crippen LogP contribution in [0.3, 0.4) is 0 Å². The first-order valence-corrected chi connectivity index (χ1v) is 6.15. The molecule has 1 aliphatic heterocycles. The molecule has 0 amide bonds. The van der Waals surface area contributed by atoms with Crippen molar-refractivity contribution in [2.75, 3.05) is 13.1 Å². The molecule has 0 spiro atoms. The van der Waals surface area contributed by atoms with Crippen molar-refractivity contribution in [1.29, 1.82) is 0 Å². The highest BCUT2D eigenvalue weighted by atomic mass is 15.2. The predicted molar refractivity (Wildman–Crippen MR) is 68.4 cm³/mol. The number of nitrogens with zero attached hydrogens (tertiary/aromatic N) is 1. The minimum atomic E-state index is 0.161. The molecule has 2 rings (SSSR count). The minimum absolute atomic E-state index is 0.161. The lowest BCUT2D eigenvalue weighted by Gasteiger charge is -2.34. The Balaban J connectivity index is 1.92. The Kier molecular flexibility index (Phi) is 3.31.